The summed E-state index contributed by atoms with van der Waals surface area (Å²) >= 11 is 0. The van der Waals surface area contributed by atoms with Gasteiger partial charge in [0.2, 0.25) is 0 Å². The highest BCUT2D eigenvalue weighted by Gasteiger charge is 2.25. The number of halogens is 1. The molecular formula is C13H13FO2. The molecule has 0 N–H and O–H groups in total. The molecule has 84 valence electrons. The number of carbonyl (C=O) groups excluding carboxylic acids is 1. The van der Waals surface area contributed by atoms with Crippen molar-refractivity contribution in [3.8, 4) is 0 Å². The Morgan fingerprint density at radius 3 is 2.88 bits per heavy atom. The van der Waals surface area contributed by atoms with Crippen LogP contribution in [0.4, 0.5) is 4.39 Å². The minimum atomic E-state index is -0.262. The zero-order valence-corrected chi connectivity index (χ0v) is 9.07. The van der Waals surface area contributed by atoms with Crippen LogP contribution in [0.15, 0.2) is 36.1 Å². The van der Waals surface area contributed by atoms with Crippen molar-refractivity contribution in [3.05, 3.63) is 47.5 Å². The molecule has 0 spiro atoms. The van der Waals surface area contributed by atoms with Crippen molar-refractivity contribution < 1.29 is 13.9 Å². The van der Waals surface area contributed by atoms with E-state index in [1.165, 1.54) is 19.3 Å². The van der Waals surface area contributed by atoms with Gasteiger partial charge < -0.3 is 4.74 Å². The Morgan fingerprint density at radius 1 is 1.44 bits per heavy atom. The van der Waals surface area contributed by atoms with Crippen LogP contribution >= 0.6 is 0 Å². The van der Waals surface area contributed by atoms with Gasteiger partial charge in [0.25, 0.3) is 0 Å². The molecule has 0 radical (unpaired) electrons. The molecule has 0 saturated heterocycles. The molecule has 0 bridgehead atoms. The second-order valence-electron chi connectivity index (χ2n) is 3.86. The molecule has 1 aliphatic heterocycles. The van der Waals surface area contributed by atoms with E-state index in [1.807, 2.05) is 0 Å². The van der Waals surface area contributed by atoms with Crippen LogP contribution in [0, 0.1) is 5.82 Å². The third kappa shape index (κ3) is 1.98. The lowest BCUT2D eigenvalue weighted by molar-refractivity contribution is -0.114. The van der Waals surface area contributed by atoms with Crippen molar-refractivity contribution >= 4 is 5.78 Å². The SMILES string of the molecule is CC(=O)C1=COCCC1c1ccccc1F. The lowest BCUT2D eigenvalue weighted by Gasteiger charge is -2.23. The number of allylic oxidation sites excluding steroid dienone is 1. The minimum Gasteiger partial charge on any atom is -0.501 e. The average Bonchev–Trinajstić information content (AvgIpc) is 2.29. The first-order valence-corrected chi connectivity index (χ1v) is 5.27. The van der Waals surface area contributed by atoms with Gasteiger partial charge >= 0.3 is 0 Å². The summed E-state index contributed by atoms with van der Waals surface area (Å²) in [6.07, 6.45) is 2.11. The summed E-state index contributed by atoms with van der Waals surface area (Å²) in [5, 5.41) is 0. The summed E-state index contributed by atoms with van der Waals surface area (Å²) in [6, 6.07) is 6.57. The number of ether oxygens (including phenoxy) is 1. The van der Waals surface area contributed by atoms with Crippen molar-refractivity contribution in [2.24, 2.45) is 0 Å². The van der Waals surface area contributed by atoms with Crippen LogP contribution in [-0.4, -0.2) is 12.4 Å². The molecule has 2 nitrogen and oxygen atoms in total. The number of ketones is 1. The third-order valence-electron chi connectivity index (χ3n) is 2.80. The Labute approximate surface area is 93.7 Å². The van der Waals surface area contributed by atoms with Crippen molar-refractivity contribution in [1.82, 2.24) is 0 Å². The molecule has 0 aliphatic carbocycles. The Morgan fingerprint density at radius 2 is 2.19 bits per heavy atom. The van der Waals surface area contributed by atoms with E-state index in [4.69, 9.17) is 4.74 Å². The molecule has 2 rings (SSSR count). The maximum atomic E-state index is 13.6. The predicted molar refractivity (Wildman–Crippen MR) is 58.5 cm³/mol. The highest BCUT2D eigenvalue weighted by atomic mass is 19.1. The molecule has 0 amide bonds. The van der Waals surface area contributed by atoms with Gasteiger partial charge in [-0.25, -0.2) is 4.39 Å². The van der Waals surface area contributed by atoms with Crippen molar-refractivity contribution in [2.45, 2.75) is 19.3 Å². The molecule has 1 aromatic carbocycles. The molecule has 1 aromatic rings. The number of benzene rings is 1. The molecule has 1 atom stereocenters. The molecule has 1 aliphatic rings. The van der Waals surface area contributed by atoms with Crippen LogP contribution in [0.2, 0.25) is 0 Å². The summed E-state index contributed by atoms with van der Waals surface area (Å²) in [5.74, 6) is -0.498. The topological polar surface area (TPSA) is 26.3 Å². The van der Waals surface area contributed by atoms with E-state index < -0.39 is 0 Å². The highest BCUT2D eigenvalue weighted by molar-refractivity contribution is 5.94. The standard InChI is InChI=1S/C13H13FO2/c1-9(15)12-8-16-7-6-10(12)11-4-2-3-5-13(11)14/h2-5,8,10H,6-7H2,1H3. The zero-order chi connectivity index (χ0) is 11.5. The fourth-order valence-corrected chi connectivity index (χ4v) is 1.98. The van der Waals surface area contributed by atoms with Gasteiger partial charge in [-0.15, -0.1) is 0 Å². The zero-order valence-electron chi connectivity index (χ0n) is 9.07. The van der Waals surface area contributed by atoms with Crippen molar-refractivity contribution in [2.75, 3.05) is 6.61 Å². The van der Waals surface area contributed by atoms with E-state index in [0.717, 1.165) is 0 Å². The highest BCUT2D eigenvalue weighted by Crippen LogP contribution is 2.32. The van der Waals surface area contributed by atoms with E-state index >= 15 is 0 Å². The van der Waals surface area contributed by atoms with Crippen molar-refractivity contribution in [1.29, 1.82) is 0 Å². The quantitative estimate of drug-likeness (QED) is 0.766. The van der Waals surface area contributed by atoms with E-state index in [2.05, 4.69) is 0 Å². The maximum absolute atomic E-state index is 13.6. The second-order valence-corrected chi connectivity index (χ2v) is 3.86. The summed E-state index contributed by atoms with van der Waals surface area (Å²) < 4.78 is 18.8. The van der Waals surface area contributed by atoms with Crippen LogP contribution in [0.25, 0.3) is 0 Å². The fraction of sp³-hybridized carbons (Fsp3) is 0.308. The Balaban J connectivity index is 2.40. The first-order chi connectivity index (χ1) is 7.70. The molecule has 0 fully saturated rings. The molecule has 16 heavy (non-hydrogen) atoms. The smallest absolute Gasteiger partial charge is 0.159 e. The van der Waals surface area contributed by atoms with Crippen LogP contribution in [0.1, 0.15) is 24.8 Å². The summed E-state index contributed by atoms with van der Waals surface area (Å²) in [4.78, 5) is 11.4. The van der Waals surface area contributed by atoms with Gasteiger partial charge in [-0.05, 0) is 25.0 Å². The lowest BCUT2D eigenvalue weighted by atomic mass is 9.86. The van der Waals surface area contributed by atoms with Gasteiger partial charge in [0, 0.05) is 11.5 Å². The Kier molecular flexibility index (Phi) is 3.04. The molecular weight excluding hydrogens is 207 g/mol. The van der Waals surface area contributed by atoms with Crippen LogP contribution in [0.3, 0.4) is 0 Å². The Bertz CT molecular complexity index is 437. The van der Waals surface area contributed by atoms with Gasteiger partial charge in [-0.1, -0.05) is 18.2 Å². The van der Waals surface area contributed by atoms with Crippen LogP contribution < -0.4 is 0 Å². The van der Waals surface area contributed by atoms with E-state index in [9.17, 15) is 9.18 Å². The summed E-state index contributed by atoms with van der Waals surface area (Å²) in [5.41, 5.74) is 1.13. The Hall–Kier alpha value is -1.64. The van der Waals surface area contributed by atoms with Crippen LogP contribution in [-0.2, 0) is 9.53 Å². The van der Waals surface area contributed by atoms with Gasteiger partial charge in [-0.2, -0.15) is 0 Å². The number of Topliss-reactive ketones (excluding diaryl/α,β-unsaturated/α-hetero) is 1. The molecule has 1 heterocycles. The summed E-state index contributed by atoms with van der Waals surface area (Å²) in [7, 11) is 0. The number of hydrogen-bond acceptors (Lipinski definition) is 2. The van der Waals surface area contributed by atoms with Gasteiger partial charge in [0.1, 0.15) is 5.82 Å². The lowest BCUT2D eigenvalue weighted by Crippen LogP contribution is -2.17. The molecule has 0 saturated carbocycles. The van der Waals surface area contributed by atoms with E-state index in [0.29, 0.717) is 24.2 Å². The monoisotopic (exact) mass is 220 g/mol. The van der Waals surface area contributed by atoms with Crippen LogP contribution in [0.5, 0.6) is 0 Å². The maximum Gasteiger partial charge on any atom is 0.159 e. The third-order valence-corrected chi connectivity index (χ3v) is 2.80. The summed E-state index contributed by atoms with van der Waals surface area (Å²) in [6.45, 7) is 2.00. The number of carbonyl (C=O) groups is 1. The average molecular weight is 220 g/mol. The minimum absolute atomic E-state index is 0.0621. The first kappa shape index (κ1) is 10.9. The number of hydrogen-bond donors (Lipinski definition) is 0. The van der Waals surface area contributed by atoms with Gasteiger partial charge in [-0.3, -0.25) is 4.79 Å². The van der Waals surface area contributed by atoms with Gasteiger partial charge in [0.05, 0.1) is 12.9 Å². The molecule has 1 unspecified atom stereocenters. The molecule has 0 aromatic heterocycles. The normalized spacial score (nSPS) is 19.9. The fourth-order valence-electron chi connectivity index (χ4n) is 1.98. The number of rotatable bonds is 2. The first-order valence-electron chi connectivity index (χ1n) is 5.27. The molecule has 3 heteroatoms. The predicted octanol–water partition coefficient (Wildman–Crippen LogP) is 2.80. The largest absolute Gasteiger partial charge is 0.501 e. The second kappa shape index (κ2) is 4.47. The van der Waals surface area contributed by atoms with Gasteiger partial charge in [0.15, 0.2) is 5.78 Å². The van der Waals surface area contributed by atoms with E-state index in [1.54, 1.807) is 18.2 Å². The van der Waals surface area contributed by atoms with E-state index in [-0.39, 0.29) is 17.5 Å². The van der Waals surface area contributed by atoms with Crippen molar-refractivity contribution in [3.63, 3.8) is 0 Å².